The van der Waals surface area contributed by atoms with E-state index in [4.69, 9.17) is 18.9 Å². The summed E-state index contributed by atoms with van der Waals surface area (Å²) in [4.78, 5) is 0. The molecular weight excluding hydrogens is 184 g/mol. The van der Waals surface area contributed by atoms with Gasteiger partial charge in [0.05, 0.1) is 6.61 Å². The van der Waals surface area contributed by atoms with E-state index in [1.165, 1.54) is 0 Å². The van der Waals surface area contributed by atoms with E-state index in [2.05, 4.69) is 0 Å². The molecule has 1 heterocycles. The van der Waals surface area contributed by atoms with Gasteiger partial charge in [-0.2, -0.15) is 0 Å². The van der Waals surface area contributed by atoms with Gasteiger partial charge in [0.15, 0.2) is 11.5 Å². The molecule has 1 aliphatic heterocycles. The highest BCUT2D eigenvalue weighted by Crippen LogP contribution is 2.35. The first kappa shape index (κ1) is 9.30. The van der Waals surface area contributed by atoms with Crippen LogP contribution in [0.4, 0.5) is 0 Å². The Bertz CT molecular complexity index is 311. The summed E-state index contributed by atoms with van der Waals surface area (Å²) in [5.41, 5.74) is 0.983. The zero-order chi connectivity index (χ0) is 9.80. The summed E-state index contributed by atoms with van der Waals surface area (Å²) in [6.45, 7) is 1.04. The minimum absolute atomic E-state index is 0.282. The second-order valence-corrected chi connectivity index (χ2v) is 2.91. The smallest absolute Gasteiger partial charge is 0.231 e. The van der Waals surface area contributed by atoms with E-state index < -0.39 is 0 Å². The second kappa shape index (κ2) is 4.30. The Hall–Kier alpha value is -1.26. The normalized spacial score (nSPS) is 13.2. The van der Waals surface area contributed by atoms with Gasteiger partial charge in [-0.1, -0.05) is 12.1 Å². The third-order valence-electron chi connectivity index (χ3n) is 1.94. The maximum atomic E-state index is 5.32. The van der Waals surface area contributed by atoms with Gasteiger partial charge >= 0.3 is 0 Å². The molecule has 1 aromatic carbocycles. The van der Waals surface area contributed by atoms with Gasteiger partial charge in [0.1, 0.15) is 6.79 Å². The van der Waals surface area contributed by atoms with Gasteiger partial charge in [-0.25, -0.2) is 0 Å². The predicted octanol–water partition coefficient (Wildman–Crippen LogP) is 1.54. The van der Waals surface area contributed by atoms with Gasteiger partial charge in [0, 0.05) is 12.7 Å². The number of para-hydroxylation sites is 1. The largest absolute Gasteiger partial charge is 0.454 e. The number of rotatable bonds is 4. The molecule has 0 fully saturated rings. The van der Waals surface area contributed by atoms with E-state index in [9.17, 15) is 0 Å². The van der Waals surface area contributed by atoms with Crippen LogP contribution >= 0.6 is 0 Å². The van der Waals surface area contributed by atoms with Crippen LogP contribution in [0.3, 0.4) is 0 Å². The number of hydrogen-bond donors (Lipinski definition) is 0. The van der Waals surface area contributed by atoms with Crippen LogP contribution in [0.2, 0.25) is 0 Å². The van der Waals surface area contributed by atoms with Gasteiger partial charge in [-0.15, -0.1) is 0 Å². The van der Waals surface area contributed by atoms with Crippen molar-refractivity contribution in [2.45, 2.75) is 6.61 Å². The topological polar surface area (TPSA) is 36.9 Å². The Morgan fingerprint density at radius 2 is 2.29 bits per heavy atom. The Labute approximate surface area is 82.3 Å². The van der Waals surface area contributed by atoms with E-state index in [0.29, 0.717) is 6.61 Å². The minimum atomic E-state index is 0.282. The summed E-state index contributed by atoms with van der Waals surface area (Å²) in [5, 5.41) is 0. The quantitative estimate of drug-likeness (QED) is 0.540. The molecule has 0 saturated heterocycles. The van der Waals surface area contributed by atoms with Crippen molar-refractivity contribution >= 4 is 0 Å². The molecule has 0 spiro atoms. The van der Waals surface area contributed by atoms with Gasteiger partial charge in [-0.05, 0) is 6.07 Å². The average Bonchev–Trinajstić information content (AvgIpc) is 2.67. The van der Waals surface area contributed by atoms with Crippen LogP contribution in [0, 0.1) is 0 Å². The second-order valence-electron chi connectivity index (χ2n) is 2.91. The van der Waals surface area contributed by atoms with Crippen molar-refractivity contribution in [2.75, 3.05) is 20.7 Å². The van der Waals surface area contributed by atoms with Crippen LogP contribution in [-0.2, 0) is 16.1 Å². The van der Waals surface area contributed by atoms with E-state index in [1.807, 2.05) is 18.2 Å². The summed E-state index contributed by atoms with van der Waals surface area (Å²) in [6, 6.07) is 5.74. The third-order valence-corrected chi connectivity index (χ3v) is 1.94. The highest BCUT2D eigenvalue weighted by molar-refractivity contribution is 5.47. The lowest BCUT2D eigenvalue weighted by Gasteiger charge is -2.05. The molecule has 76 valence electrons. The maximum Gasteiger partial charge on any atom is 0.231 e. The molecule has 0 saturated carbocycles. The van der Waals surface area contributed by atoms with Gasteiger partial charge in [-0.3, -0.25) is 0 Å². The average molecular weight is 196 g/mol. The number of methoxy groups -OCH3 is 1. The Balaban J connectivity index is 2.06. The van der Waals surface area contributed by atoms with Crippen LogP contribution in [0.25, 0.3) is 0 Å². The SMILES string of the molecule is COCOCc1cccc2c1OCO2. The van der Waals surface area contributed by atoms with Crippen LogP contribution in [0.1, 0.15) is 5.56 Å². The Morgan fingerprint density at radius 3 is 3.14 bits per heavy atom. The molecule has 4 nitrogen and oxygen atoms in total. The lowest BCUT2D eigenvalue weighted by atomic mass is 10.2. The first-order valence-corrected chi connectivity index (χ1v) is 4.36. The summed E-state index contributed by atoms with van der Waals surface area (Å²) >= 11 is 0. The monoisotopic (exact) mass is 196 g/mol. The van der Waals surface area contributed by atoms with Crippen LogP contribution in [0.5, 0.6) is 11.5 Å². The maximum absolute atomic E-state index is 5.32. The van der Waals surface area contributed by atoms with Gasteiger partial charge in [0.25, 0.3) is 0 Å². The highest BCUT2D eigenvalue weighted by atomic mass is 16.7. The van der Waals surface area contributed by atoms with Crippen molar-refractivity contribution < 1.29 is 18.9 Å². The molecule has 4 heteroatoms. The van der Waals surface area contributed by atoms with Crippen LogP contribution in [0.15, 0.2) is 18.2 Å². The van der Waals surface area contributed by atoms with Crippen molar-refractivity contribution in [2.24, 2.45) is 0 Å². The van der Waals surface area contributed by atoms with Crippen molar-refractivity contribution in [1.29, 1.82) is 0 Å². The van der Waals surface area contributed by atoms with E-state index in [1.54, 1.807) is 7.11 Å². The lowest BCUT2D eigenvalue weighted by Crippen LogP contribution is -1.98. The van der Waals surface area contributed by atoms with E-state index >= 15 is 0 Å². The lowest BCUT2D eigenvalue weighted by molar-refractivity contribution is -0.0395. The zero-order valence-corrected chi connectivity index (χ0v) is 7.99. The first-order chi connectivity index (χ1) is 6.92. The fourth-order valence-corrected chi connectivity index (χ4v) is 1.34. The number of hydrogen-bond acceptors (Lipinski definition) is 4. The zero-order valence-electron chi connectivity index (χ0n) is 7.99. The molecule has 0 N–H and O–H groups in total. The number of ether oxygens (including phenoxy) is 4. The van der Waals surface area contributed by atoms with Gasteiger partial charge in [0.2, 0.25) is 6.79 Å². The molecule has 14 heavy (non-hydrogen) atoms. The summed E-state index contributed by atoms with van der Waals surface area (Å²) < 4.78 is 20.6. The fraction of sp³-hybridized carbons (Fsp3) is 0.400. The molecule has 2 rings (SSSR count). The Morgan fingerprint density at radius 1 is 1.36 bits per heavy atom. The standard InChI is InChI=1S/C10H12O4/c1-11-6-12-5-8-3-2-4-9-10(8)14-7-13-9/h2-4H,5-7H2,1H3. The third kappa shape index (κ3) is 1.81. The molecule has 0 atom stereocenters. The van der Waals surface area contributed by atoms with Crippen molar-refractivity contribution in [3.8, 4) is 11.5 Å². The molecule has 1 aromatic rings. The highest BCUT2D eigenvalue weighted by Gasteiger charge is 2.16. The molecular formula is C10H12O4. The van der Waals surface area contributed by atoms with Gasteiger partial charge < -0.3 is 18.9 Å². The van der Waals surface area contributed by atoms with Crippen molar-refractivity contribution in [3.63, 3.8) is 0 Å². The van der Waals surface area contributed by atoms with Crippen molar-refractivity contribution in [3.05, 3.63) is 23.8 Å². The molecule has 0 radical (unpaired) electrons. The van der Waals surface area contributed by atoms with E-state index in [0.717, 1.165) is 17.1 Å². The molecule has 0 aromatic heterocycles. The summed E-state index contributed by atoms with van der Waals surface area (Å²) in [5.74, 6) is 1.56. The van der Waals surface area contributed by atoms with Crippen LogP contribution < -0.4 is 9.47 Å². The summed E-state index contributed by atoms with van der Waals surface area (Å²) in [7, 11) is 1.59. The van der Waals surface area contributed by atoms with Crippen molar-refractivity contribution in [1.82, 2.24) is 0 Å². The molecule has 1 aliphatic rings. The fourth-order valence-electron chi connectivity index (χ4n) is 1.34. The Kier molecular flexibility index (Phi) is 2.86. The van der Waals surface area contributed by atoms with E-state index in [-0.39, 0.29) is 13.6 Å². The molecule has 0 bridgehead atoms. The summed E-state index contributed by atoms with van der Waals surface area (Å²) in [6.07, 6.45) is 0. The molecule has 0 amide bonds. The first-order valence-electron chi connectivity index (χ1n) is 4.36. The number of fused-ring (bicyclic) bond motifs is 1. The predicted molar refractivity (Wildman–Crippen MR) is 49.2 cm³/mol. The van der Waals surface area contributed by atoms with Crippen LogP contribution in [-0.4, -0.2) is 20.7 Å². The molecule has 0 aliphatic carbocycles. The molecule has 0 unspecified atom stereocenters. The minimum Gasteiger partial charge on any atom is -0.454 e. The number of benzene rings is 1.